The van der Waals surface area contributed by atoms with Gasteiger partial charge in [0, 0.05) is 17.7 Å². The van der Waals surface area contributed by atoms with Crippen molar-refractivity contribution in [1.29, 1.82) is 0 Å². The van der Waals surface area contributed by atoms with Crippen LogP contribution in [0.25, 0.3) is 10.2 Å². The van der Waals surface area contributed by atoms with E-state index in [1.165, 1.54) is 47.7 Å². The van der Waals surface area contributed by atoms with Crippen LogP contribution in [0.15, 0.2) is 152 Å². The standard InChI is InChI=1S/C57H47N5O10S/c63-41-26-22-39(23-27-41)50-57(42-33-35(29-32-56(68)30-11-1-2-12-31-56)21-28-44(42)60(53(57)66)55(67)71-34-36-19-24-40(25-20-36)62(69)70)46(51(64)59-54-58-43-17-9-10-18-45(43)73-54)48-52(65)72-49(38-15-7-4-8-16-38)47(61(48)50)37-13-5-3-6-14-37/h3-10,13-28,33,46-50,63,68H,1-2,11-12,30-31,34H2,(H,58,59,64)/t46-,47-,48-,49+,50+,57-/m1/s1. The Morgan fingerprint density at radius 2 is 1.49 bits per heavy atom. The molecule has 16 heteroatoms. The zero-order valence-electron chi connectivity index (χ0n) is 39.1. The number of nitrogens with zero attached hydrogens (tertiary/aromatic N) is 4. The summed E-state index contributed by atoms with van der Waals surface area (Å²) < 4.78 is 13.2. The number of aromatic nitrogens is 1. The number of ether oxygens (including phenoxy) is 2. The molecule has 15 nitrogen and oxygen atoms in total. The fraction of sp³-hybridized carbons (Fsp3) is 0.246. The third-order valence-corrected chi connectivity index (χ3v) is 15.5. The van der Waals surface area contributed by atoms with E-state index in [-0.39, 0.29) is 34.4 Å². The number of nitrogens with one attached hydrogen (secondary N) is 1. The number of hydrogen-bond acceptors (Lipinski definition) is 13. The minimum Gasteiger partial charge on any atom is -0.508 e. The molecule has 7 aromatic rings. The van der Waals surface area contributed by atoms with Gasteiger partial charge in [-0.1, -0.05) is 121 Å². The number of imide groups is 1. The number of rotatable bonds is 8. The minimum atomic E-state index is -2.18. The van der Waals surface area contributed by atoms with Crippen molar-refractivity contribution in [2.45, 2.75) is 80.4 Å². The SMILES string of the molecule is O=C1O[C@@H](c2ccccc2)[C@@H](c2ccccc2)N2[C@@H](c3ccc(O)cc3)[C@]3(C(=O)N(C(=O)OCc4ccc([N+](=O)[O-])cc4)c4ccc(C#CC5(O)CCCCCC5)cc43)[C@@H](C(=O)Nc3nc4ccccc4s3)[C@H]12. The molecule has 2 saturated heterocycles. The van der Waals surface area contributed by atoms with Gasteiger partial charge in [-0.15, -0.1) is 0 Å². The van der Waals surface area contributed by atoms with Crippen molar-refractivity contribution in [2.24, 2.45) is 5.92 Å². The van der Waals surface area contributed by atoms with Crippen molar-refractivity contribution in [3.63, 3.8) is 0 Å². The summed E-state index contributed by atoms with van der Waals surface area (Å²) in [6.07, 6.45) is 2.38. The number of benzene rings is 6. The van der Waals surface area contributed by atoms with E-state index in [1.54, 1.807) is 36.4 Å². The normalized spacial score (nSPS) is 23.1. The number of amides is 3. The van der Waals surface area contributed by atoms with Crippen LogP contribution < -0.4 is 10.2 Å². The van der Waals surface area contributed by atoms with Gasteiger partial charge in [0.2, 0.25) is 11.8 Å². The first-order valence-electron chi connectivity index (χ1n) is 24.1. The summed E-state index contributed by atoms with van der Waals surface area (Å²) in [4.78, 5) is 81.4. The molecule has 3 N–H and O–H groups in total. The molecular formula is C57H47N5O10S. The molecule has 4 aliphatic rings. The molecule has 3 amide bonds. The number of nitro groups is 1. The summed E-state index contributed by atoms with van der Waals surface area (Å²) in [7, 11) is 0. The molecule has 6 atom stereocenters. The number of nitro benzene ring substituents is 1. The molecule has 1 aromatic heterocycles. The monoisotopic (exact) mass is 993 g/mol. The van der Waals surface area contributed by atoms with Gasteiger partial charge >= 0.3 is 12.1 Å². The number of esters is 1. The lowest BCUT2D eigenvalue weighted by Gasteiger charge is -2.46. The van der Waals surface area contributed by atoms with Crippen LogP contribution in [0, 0.1) is 27.9 Å². The molecule has 0 unspecified atom stereocenters. The Morgan fingerprint density at radius 1 is 0.822 bits per heavy atom. The Hall–Kier alpha value is -8.23. The molecule has 3 aliphatic heterocycles. The molecule has 73 heavy (non-hydrogen) atoms. The van der Waals surface area contributed by atoms with Crippen molar-refractivity contribution in [3.05, 3.63) is 195 Å². The van der Waals surface area contributed by atoms with Gasteiger partial charge in [-0.3, -0.25) is 29.4 Å². The van der Waals surface area contributed by atoms with Gasteiger partial charge in [0.25, 0.3) is 5.69 Å². The van der Waals surface area contributed by atoms with Gasteiger partial charge in [-0.05, 0) is 108 Å². The van der Waals surface area contributed by atoms with E-state index >= 15 is 14.4 Å². The molecule has 0 bridgehead atoms. The fourth-order valence-electron chi connectivity index (χ4n) is 11.3. The molecule has 6 aromatic carbocycles. The fourth-order valence-corrected chi connectivity index (χ4v) is 12.1. The average Bonchev–Trinajstić information content (AvgIpc) is 3.98. The molecule has 1 aliphatic carbocycles. The Kier molecular flexibility index (Phi) is 12.3. The van der Waals surface area contributed by atoms with Crippen LogP contribution in [0.5, 0.6) is 5.75 Å². The number of aromatic hydroxyl groups is 1. The highest BCUT2D eigenvalue weighted by atomic mass is 32.1. The van der Waals surface area contributed by atoms with Gasteiger partial charge in [-0.25, -0.2) is 14.7 Å². The first-order chi connectivity index (χ1) is 35.4. The number of carbonyl (C=O) groups is 4. The van der Waals surface area contributed by atoms with Crippen LogP contribution in [0.1, 0.15) is 90.1 Å². The highest BCUT2D eigenvalue weighted by Crippen LogP contribution is 2.66. The maximum atomic E-state index is 16.6. The van der Waals surface area contributed by atoms with Gasteiger partial charge in [0.1, 0.15) is 35.5 Å². The lowest BCUT2D eigenvalue weighted by atomic mass is 9.65. The first-order valence-corrected chi connectivity index (χ1v) is 24.9. The van der Waals surface area contributed by atoms with E-state index in [1.807, 2.05) is 83.8 Å². The Morgan fingerprint density at radius 3 is 2.18 bits per heavy atom. The zero-order chi connectivity index (χ0) is 50.4. The number of para-hydroxylation sites is 1. The minimum absolute atomic E-state index is 0.0584. The number of hydrogen-bond donors (Lipinski definition) is 3. The topological polar surface area (TPSA) is 202 Å². The van der Waals surface area contributed by atoms with Gasteiger partial charge in [0.15, 0.2) is 5.13 Å². The Labute approximate surface area is 423 Å². The number of carbonyl (C=O) groups excluding carboxylic acids is 4. The highest BCUT2D eigenvalue weighted by Gasteiger charge is 2.76. The number of phenols is 1. The quantitative estimate of drug-likeness (QED) is 0.0428. The molecular weight excluding hydrogens is 947 g/mol. The van der Waals surface area contributed by atoms with Crippen LogP contribution in [0.3, 0.4) is 0 Å². The third-order valence-electron chi connectivity index (χ3n) is 14.5. The number of phenolic OH excluding ortho intramolecular Hbond substituents is 1. The van der Waals surface area contributed by atoms with Crippen LogP contribution >= 0.6 is 11.3 Å². The molecule has 1 spiro atoms. The van der Waals surface area contributed by atoms with Gasteiger partial charge < -0.3 is 25.0 Å². The van der Waals surface area contributed by atoms with Crippen LogP contribution in [-0.2, 0) is 35.9 Å². The number of fused-ring (bicyclic) bond motifs is 4. The van der Waals surface area contributed by atoms with Crippen LogP contribution in [-0.4, -0.2) is 60.5 Å². The number of aliphatic hydroxyl groups is 1. The Balaban J connectivity index is 1.16. The summed E-state index contributed by atoms with van der Waals surface area (Å²) in [5.74, 6) is 2.12. The first kappa shape index (κ1) is 47.1. The second-order valence-electron chi connectivity index (χ2n) is 18.9. The van der Waals surface area contributed by atoms with Gasteiger partial charge in [0.05, 0.1) is 38.8 Å². The third kappa shape index (κ3) is 8.44. The lowest BCUT2D eigenvalue weighted by Crippen LogP contribution is -2.54. The second-order valence-corrected chi connectivity index (χ2v) is 19.9. The summed E-state index contributed by atoms with van der Waals surface area (Å²) in [5.41, 5.74) is -0.247. The molecule has 0 radical (unpaired) electrons. The number of anilines is 2. The van der Waals surface area contributed by atoms with E-state index in [9.17, 15) is 25.1 Å². The summed E-state index contributed by atoms with van der Waals surface area (Å²) >= 11 is 1.21. The highest BCUT2D eigenvalue weighted by molar-refractivity contribution is 7.22. The predicted octanol–water partition coefficient (Wildman–Crippen LogP) is 9.99. The molecule has 4 heterocycles. The van der Waals surface area contributed by atoms with Gasteiger partial charge in [-0.2, -0.15) is 0 Å². The maximum Gasteiger partial charge on any atom is 0.421 e. The largest absolute Gasteiger partial charge is 0.508 e. The van der Waals surface area contributed by atoms with E-state index in [2.05, 4.69) is 17.2 Å². The Bertz CT molecular complexity index is 3320. The summed E-state index contributed by atoms with van der Waals surface area (Å²) in [6.45, 7) is -0.385. The summed E-state index contributed by atoms with van der Waals surface area (Å²) in [5, 5.41) is 37.2. The van der Waals surface area contributed by atoms with Crippen molar-refractivity contribution >= 4 is 61.9 Å². The lowest BCUT2D eigenvalue weighted by molar-refractivity contribution is -0.384. The van der Waals surface area contributed by atoms with E-state index < -0.39 is 70.0 Å². The number of cyclic esters (lactones) is 1. The maximum absolute atomic E-state index is 16.6. The van der Waals surface area contributed by atoms with Crippen molar-refractivity contribution in [1.82, 2.24) is 9.88 Å². The van der Waals surface area contributed by atoms with Crippen molar-refractivity contribution in [3.8, 4) is 17.6 Å². The molecule has 1 saturated carbocycles. The van der Waals surface area contributed by atoms with Crippen LogP contribution in [0.2, 0.25) is 0 Å². The number of thiazole rings is 1. The number of morpholine rings is 1. The van der Waals surface area contributed by atoms with E-state index in [0.29, 0.717) is 46.2 Å². The molecule has 3 fully saturated rings. The smallest absolute Gasteiger partial charge is 0.421 e. The van der Waals surface area contributed by atoms with Crippen LogP contribution in [0.4, 0.5) is 21.3 Å². The predicted molar refractivity (Wildman–Crippen MR) is 271 cm³/mol. The van der Waals surface area contributed by atoms with Crippen molar-refractivity contribution < 1.29 is 43.8 Å². The van der Waals surface area contributed by atoms with Crippen molar-refractivity contribution in [2.75, 3.05) is 10.2 Å². The number of non-ortho nitro benzene ring substituents is 1. The second kappa shape index (κ2) is 19.1. The van der Waals surface area contributed by atoms with E-state index in [4.69, 9.17) is 14.5 Å². The zero-order valence-corrected chi connectivity index (χ0v) is 39.9. The van der Waals surface area contributed by atoms with E-state index in [0.717, 1.165) is 35.3 Å². The summed E-state index contributed by atoms with van der Waals surface area (Å²) in [6, 6.07) is 38.8. The molecule has 366 valence electrons. The average molecular weight is 994 g/mol. The molecule has 11 rings (SSSR count).